The van der Waals surface area contributed by atoms with Crippen LogP contribution in [-0.4, -0.2) is 36.7 Å². The fraction of sp³-hybridized carbons (Fsp3) is 0.619. The van der Waals surface area contributed by atoms with Crippen LogP contribution in [0.1, 0.15) is 38.5 Å². The molecule has 0 spiro atoms. The molecule has 1 atom stereocenters. The van der Waals surface area contributed by atoms with Crippen molar-refractivity contribution in [1.29, 1.82) is 0 Å². The monoisotopic (exact) mass is 371 g/mol. The van der Waals surface area contributed by atoms with Crippen molar-refractivity contribution in [2.24, 2.45) is 17.8 Å². The second kappa shape index (κ2) is 6.43. The first-order valence-corrected chi connectivity index (χ1v) is 9.95. The molecule has 6 nitrogen and oxygen atoms in total. The van der Waals surface area contributed by atoms with E-state index in [4.69, 9.17) is 14.2 Å². The predicted octanol–water partition coefficient (Wildman–Crippen LogP) is 2.45. The topological polar surface area (TPSA) is 73.9 Å². The quantitative estimate of drug-likeness (QED) is 0.823. The molecule has 6 rings (SSSR count). The van der Waals surface area contributed by atoms with Crippen LogP contribution in [0, 0.1) is 17.8 Å². The van der Waals surface area contributed by atoms with Crippen LogP contribution in [0.25, 0.3) is 0 Å². The highest BCUT2D eigenvalue weighted by molar-refractivity contribution is 5.83. The molecule has 1 N–H and O–H groups in total. The van der Waals surface area contributed by atoms with Gasteiger partial charge in [-0.25, -0.2) is 4.79 Å². The lowest BCUT2D eigenvalue weighted by atomic mass is 9.53. The minimum atomic E-state index is -0.841. The first-order chi connectivity index (χ1) is 13.1. The molecule has 1 aliphatic heterocycles. The van der Waals surface area contributed by atoms with Crippen LogP contribution < -0.4 is 14.8 Å². The Labute approximate surface area is 158 Å². The molecule has 27 heavy (non-hydrogen) atoms. The minimum Gasteiger partial charge on any atom is -0.485 e. The van der Waals surface area contributed by atoms with Crippen LogP contribution in [0.15, 0.2) is 24.3 Å². The molecule has 4 saturated carbocycles. The fourth-order valence-corrected chi connectivity index (χ4v) is 5.96. The van der Waals surface area contributed by atoms with Gasteiger partial charge in [0.25, 0.3) is 5.91 Å². The lowest BCUT2D eigenvalue weighted by molar-refractivity contribution is -0.158. The molecule has 1 heterocycles. The maximum atomic E-state index is 12.5. The lowest BCUT2D eigenvalue weighted by Gasteiger charge is -2.56. The van der Waals surface area contributed by atoms with Gasteiger partial charge in [-0.15, -0.1) is 0 Å². The molecule has 0 saturated heterocycles. The summed E-state index contributed by atoms with van der Waals surface area (Å²) in [6.07, 6.45) is 6.37. The standard InChI is InChI=1S/C21H25NO5/c23-19(22-21-8-13-5-14(9-21)7-15(6-13)10-21)12-26-20(24)18-11-25-16-3-1-2-4-17(16)27-18/h1-4,13-15,18H,5-12H2,(H,22,23). The third-order valence-corrected chi connectivity index (χ3v) is 6.56. The molecule has 6 heteroatoms. The van der Waals surface area contributed by atoms with E-state index in [0.717, 1.165) is 37.0 Å². The number of nitrogens with one attached hydrogen (secondary N) is 1. The highest BCUT2D eigenvalue weighted by Gasteiger charge is 2.51. The van der Waals surface area contributed by atoms with E-state index in [9.17, 15) is 9.59 Å². The third-order valence-electron chi connectivity index (χ3n) is 6.56. The average molecular weight is 371 g/mol. The van der Waals surface area contributed by atoms with Crippen molar-refractivity contribution >= 4 is 11.9 Å². The van der Waals surface area contributed by atoms with Crippen LogP contribution in [0.4, 0.5) is 0 Å². The summed E-state index contributed by atoms with van der Waals surface area (Å²) in [5.41, 5.74) is -0.0678. The SMILES string of the molecule is O=C(COC(=O)C1COc2ccccc2O1)NC12CC3CC(CC(C3)C1)C2. The van der Waals surface area contributed by atoms with Crippen molar-refractivity contribution in [2.75, 3.05) is 13.2 Å². The van der Waals surface area contributed by atoms with E-state index in [2.05, 4.69) is 5.32 Å². The maximum Gasteiger partial charge on any atom is 0.351 e. The molecule has 4 aliphatic carbocycles. The number of carbonyl (C=O) groups is 2. The zero-order chi connectivity index (χ0) is 18.4. The van der Waals surface area contributed by atoms with Gasteiger partial charge in [0.1, 0.15) is 6.61 Å². The zero-order valence-corrected chi connectivity index (χ0v) is 15.3. The van der Waals surface area contributed by atoms with Gasteiger partial charge >= 0.3 is 5.97 Å². The summed E-state index contributed by atoms with van der Waals surface area (Å²) in [6, 6.07) is 7.19. The molecule has 4 bridgehead atoms. The Morgan fingerprint density at radius 2 is 1.67 bits per heavy atom. The van der Waals surface area contributed by atoms with E-state index < -0.39 is 12.1 Å². The van der Waals surface area contributed by atoms with Crippen molar-refractivity contribution < 1.29 is 23.8 Å². The summed E-state index contributed by atoms with van der Waals surface area (Å²) in [7, 11) is 0. The number of hydrogen-bond donors (Lipinski definition) is 1. The van der Waals surface area contributed by atoms with Crippen molar-refractivity contribution in [3.05, 3.63) is 24.3 Å². The number of esters is 1. The normalized spacial score (nSPS) is 35.6. The zero-order valence-electron chi connectivity index (χ0n) is 15.3. The molecule has 1 amide bonds. The summed E-state index contributed by atoms with van der Waals surface area (Å²) in [5.74, 6) is 2.63. The molecule has 1 aromatic rings. The second-order valence-electron chi connectivity index (χ2n) is 8.72. The summed E-state index contributed by atoms with van der Waals surface area (Å²) in [5, 5.41) is 3.21. The van der Waals surface area contributed by atoms with Crippen LogP contribution >= 0.6 is 0 Å². The molecule has 1 unspecified atom stereocenters. The minimum absolute atomic E-state index is 0.0678. The van der Waals surface area contributed by atoms with Crippen molar-refractivity contribution in [2.45, 2.75) is 50.2 Å². The summed E-state index contributed by atoms with van der Waals surface area (Å²) >= 11 is 0. The Morgan fingerprint density at radius 1 is 1.04 bits per heavy atom. The number of amides is 1. The van der Waals surface area contributed by atoms with E-state index in [1.807, 2.05) is 12.1 Å². The molecule has 144 valence electrons. The molecule has 1 aromatic carbocycles. The summed E-state index contributed by atoms with van der Waals surface area (Å²) < 4.78 is 16.4. The highest BCUT2D eigenvalue weighted by atomic mass is 16.6. The number of hydrogen-bond acceptors (Lipinski definition) is 5. The summed E-state index contributed by atoms with van der Waals surface area (Å²) in [4.78, 5) is 24.7. The van der Waals surface area contributed by atoms with E-state index in [1.165, 1.54) is 19.3 Å². The lowest BCUT2D eigenvalue weighted by Crippen LogP contribution is -2.60. The van der Waals surface area contributed by atoms with Gasteiger partial charge in [0.2, 0.25) is 6.10 Å². The smallest absolute Gasteiger partial charge is 0.351 e. The predicted molar refractivity (Wildman–Crippen MR) is 96.4 cm³/mol. The number of para-hydroxylation sites is 2. The van der Waals surface area contributed by atoms with Gasteiger partial charge in [-0.1, -0.05) is 12.1 Å². The Balaban J connectivity index is 1.14. The van der Waals surface area contributed by atoms with Gasteiger partial charge in [0.15, 0.2) is 18.1 Å². The van der Waals surface area contributed by atoms with Gasteiger partial charge < -0.3 is 19.5 Å². The molecular formula is C21H25NO5. The van der Waals surface area contributed by atoms with E-state index in [0.29, 0.717) is 11.5 Å². The Morgan fingerprint density at radius 3 is 2.33 bits per heavy atom. The average Bonchev–Trinajstić information content (AvgIpc) is 2.64. The van der Waals surface area contributed by atoms with Crippen molar-refractivity contribution in [3.63, 3.8) is 0 Å². The second-order valence-corrected chi connectivity index (χ2v) is 8.72. The number of fused-ring (bicyclic) bond motifs is 1. The maximum absolute atomic E-state index is 12.5. The van der Waals surface area contributed by atoms with Gasteiger partial charge in [0.05, 0.1) is 0 Å². The van der Waals surface area contributed by atoms with Crippen LogP contribution in [0.2, 0.25) is 0 Å². The van der Waals surface area contributed by atoms with Gasteiger partial charge in [-0.3, -0.25) is 4.79 Å². The molecular weight excluding hydrogens is 346 g/mol. The number of ether oxygens (including phenoxy) is 3. The Kier molecular flexibility index (Phi) is 4.02. The van der Waals surface area contributed by atoms with Crippen molar-refractivity contribution in [1.82, 2.24) is 5.32 Å². The molecule has 0 radical (unpaired) electrons. The van der Waals surface area contributed by atoms with E-state index in [1.54, 1.807) is 12.1 Å². The largest absolute Gasteiger partial charge is 0.485 e. The van der Waals surface area contributed by atoms with Crippen LogP contribution in [0.3, 0.4) is 0 Å². The number of benzene rings is 1. The Hall–Kier alpha value is -2.24. The molecule has 4 fully saturated rings. The fourth-order valence-electron chi connectivity index (χ4n) is 5.96. The molecule has 0 aromatic heterocycles. The first-order valence-electron chi connectivity index (χ1n) is 9.95. The van der Waals surface area contributed by atoms with Crippen LogP contribution in [0.5, 0.6) is 11.5 Å². The van der Waals surface area contributed by atoms with E-state index >= 15 is 0 Å². The highest BCUT2D eigenvalue weighted by Crippen LogP contribution is 2.55. The van der Waals surface area contributed by atoms with Gasteiger partial charge in [-0.05, 0) is 68.4 Å². The van der Waals surface area contributed by atoms with E-state index in [-0.39, 0.29) is 24.7 Å². The Bertz CT molecular complexity index is 725. The molecule has 5 aliphatic rings. The van der Waals surface area contributed by atoms with Gasteiger partial charge in [-0.2, -0.15) is 0 Å². The first kappa shape index (κ1) is 16.9. The number of rotatable bonds is 4. The van der Waals surface area contributed by atoms with Gasteiger partial charge in [0, 0.05) is 5.54 Å². The third kappa shape index (κ3) is 3.26. The number of carbonyl (C=O) groups excluding carboxylic acids is 2. The summed E-state index contributed by atoms with van der Waals surface area (Å²) in [6.45, 7) is -0.172. The van der Waals surface area contributed by atoms with Crippen LogP contribution in [-0.2, 0) is 14.3 Å². The van der Waals surface area contributed by atoms with Crippen molar-refractivity contribution in [3.8, 4) is 11.5 Å².